The van der Waals surface area contributed by atoms with Crippen molar-refractivity contribution in [3.8, 4) is 0 Å². The Kier molecular flexibility index (Phi) is 11.3. The van der Waals surface area contributed by atoms with Crippen LogP contribution in [0.25, 0.3) is 0 Å². The summed E-state index contributed by atoms with van der Waals surface area (Å²) >= 11 is 0. The average molecular weight is 449 g/mol. The van der Waals surface area contributed by atoms with Gasteiger partial charge in [-0.05, 0) is 36.2 Å². The van der Waals surface area contributed by atoms with E-state index < -0.39 is 17.6 Å². The molecule has 0 aromatic heterocycles. The van der Waals surface area contributed by atoms with Crippen LogP contribution in [0.3, 0.4) is 0 Å². The molecule has 0 aliphatic rings. The van der Waals surface area contributed by atoms with E-state index in [1.165, 1.54) is 0 Å². The van der Waals surface area contributed by atoms with Crippen molar-refractivity contribution < 1.29 is 14.6 Å². The first kappa shape index (κ1) is 26.3. The molecule has 0 saturated carbocycles. The molecule has 0 bridgehead atoms. The van der Waals surface area contributed by atoms with Crippen molar-refractivity contribution in [2.24, 2.45) is 0 Å². The van der Waals surface area contributed by atoms with Gasteiger partial charge in [0.2, 0.25) is 0 Å². The van der Waals surface area contributed by atoms with Crippen molar-refractivity contribution in [2.75, 3.05) is 26.8 Å². The molecular weight excluding hydrogens is 412 g/mol. The highest BCUT2D eigenvalue weighted by Gasteiger charge is 2.39. The minimum Gasteiger partial charge on any atom is -0.480 e. The second-order valence-corrected chi connectivity index (χ2v) is 7.62. The van der Waals surface area contributed by atoms with Gasteiger partial charge in [0.1, 0.15) is 6.04 Å². The molecule has 3 aromatic rings. The molecule has 5 nitrogen and oxygen atoms in total. The molecule has 5 heteroatoms. The maximum atomic E-state index is 12.1. The van der Waals surface area contributed by atoms with E-state index in [0.29, 0.717) is 13.0 Å². The lowest BCUT2D eigenvalue weighted by Gasteiger charge is -2.39. The number of hydrogen-bond donors (Lipinski definition) is 3. The van der Waals surface area contributed by atoms with Crippen LogP contribution in [0, 0.1) is 0 Å². The summed E-state index contributed by atoms with van der Waals surface area (Å²) in [6.07, 6.45) is 0.361. The lowest BCUT2D eigenvalue weighted by atomic mass is 9.76. The SMILES string of the molecule is CCNCC.COCC[C@H](NC(c1ccccc1)(c1ccccc1)c1ccccc1)C(=O)O. The average Bonchev–Trinajstić information content (AvgIpc) is 2.87. The molecule has 0 aliphatic heterocycles. The largest absolute Gasteiger partial charge is 0.480 e. The van der Waals surface area contributed by atoms with Crippen LogP contribution in [0.1, 0.15) is 37.0 Å². The number of benzene rings is 3. The molecule has 176 valence electrons. The fourth-order valence-corrected chi connectivity index (χ4v) is 3.82. The third kappa shape index (κ3) is 7.26. The van der Waals surface area contributed by atoms with E-state index in [1.807, 2.05) is 91.0 Å². The van der Waals surface area contributed by atoms with E-state index >= 15 is 0 Å². The Morgan fingerprint density at radius 3 is 1.48 bits per heavy atom. The smallest absolute Gasteiger partial charge is 0.320 e. The van der Waals surface area contributed by atoms with E-state index in [9.17, 15) is 9.90 Å². The fourth-order valence-electron chi connectivity index (χ4n) is 3.82. The van der Waals surface area contributed by atoms with Crippen LogP contribution in [0.15, 0.2) is 91.0 Å². The molecule has 33 heavy (non-hydrogen) atoms. The monoisotopic (exact) mass is 448 g/mol. The van der Waals surface area contributed by atoms with Crippen molar-refractivity contribution in [2.45, 2.75) is 31.8 Å². The molecule has 0 amide bonds. The molecule has 3 rings (SSSR count). The summed E-state index contributed by atoms with van der Waals surface area (Å²) in [5.41, 5.74) is 2.14. The van der Waals surface area contributed by atoms with Gasteiger partial charge in [-0.1, -0.05) is 105 Å². The number of nitrogens with one attached hydrogen (secondary N) is 2. The highest BCUT2D eigenvalue weighted by atomic mass is 16.5. The molecule has 1 atom stereocenters. The number of carbonyl (C=O) groups is 1. The first-order chi connectivity index (χ1) is 16.1. The fraction of sp³-hybridized carbons (Fsp3) is 0.321. The van der Waals surface area contributed by atoms with Crippen LogP contribution in [0.4, 0.5) is 0 Å². The van der Waals surface area contributed by atoms with Crippen LogP contribution in [0.2, 0.25) is 0 Å². The third-order valence-electron chi connectivity index (χ3n) is 5.42. The Morgan fingerprint density at radius 1 is 0.818 bits per heavy atom. The number of carboxylic acids is 1. The van der Waals surface area contributed by atoms with Crippen molar-refractivity contribution in [1.82, 2.24) is 10.6 Å². The van der Waals surface area contributed by atoms with Crippen molar-refractivity contribution in [3.63, 3.8) is 0 Å². The van der Waals surface area contributed by atoms with Gasteiger partial charge < -0.3 is 15.2 Å². The molecule has 0 spiro atoms. The molecule has 0 unspecified atom stereocenters. The van der Waals surface area contributed by atoms with E-state index in [4.69, 9.17) is 4.74 Å². The maximum Gasteiger partial charge on any atom is 0.320 e. The van der Waals surface area contributed by atoms with Crippen LogP contribution in [0.5, 0.6) is 0 Å². The normalized spacial score (nSPS) is 11.8. The van der Waals surface area contributed by atoms with Crippen LogP contribution in [-0.2, 0) is 15.1 Å². The molecule has 0 radical (unpaired) electrons. The summed E-state index contributed by atoms with van der Waals surface area (Å²) in [6.45, 7) is 6.75. The molecule has 3 aromatic carbocycles. The minimum absolute atomic E-state index is 0.360. The Bertz CT molecular complexity index is 819. The first-order valence-corrected chi connectivity index (χ1v) is 11.5. The van der Waals surface area contributed by atoms with Gasteiger partial charge in [0.05, 0.1) is 5.54 Å². The quantitative estimate of drug-likeness (QED) is 0.372. The lowest BCUT2D eigenvalue weighted by molar-refractivity contribution is -0.140. The van der Waals surface area contributed by atoms with Gasteiger partial charge in [-0.3, -0.25) is 10.1 Å². The standard InChI is InChI=1S/C24H25NO3.C4H11N/c1-28-18-17-22(23(26)27)25-24(19-11-5-2-6-12-19,20-13-7-3-8-14-20)21-15-9-4-10-16-21;1-3-5-4-2/h2-16,22,25H,17-18H2,1H3,(H,26,27);5H,3-4H2,1-2H3/t22-;/m0./s1. The van der Waals surface area contributed by atoms with Gasteiger partial charge in [-0.2, -0.15) is 0 Å². The number of rotatable bonds is 11. The van der Waals surface area contributed by atoms with E-state index in [2.05, 4.69) is 24.5 Å². The van der Waals surface area contributed by atoms with Gasteiger partial charge in [0, 0.05) is 13.7 Å². The second kappa shape index (κ2) is 14.2. The third-order valence-corrected chi connectivity index (χ3v) is 5.42. The zero-order chi connectivity index (χ0) is 23.9. The Morgan fingerprint density at radius 2 is 1.21 bits per heavy atom. The molecule has 3 N–H and O–H groups in total. The van der Waals surface area contributed by atoms with Crippen LogP contribution >= 0.6 is 0 Å². The second-order valence-electron chi connectivity index (χ2n) is 7.62. The number of ether oxygens (including phenoxy) is 1. The Hall–Kier alpha value is -2.99. The van der Waals surface area contributed by atoms with Gasteiger partial charge >= 0.3 is 5.97 Å². The summed E-state index contributed by atoms with van der Waals surface area (Å²) in [5.74, 6) is -0.899. The number of aliphatic carboxylic acids is 1. The molecule has 0 fully saturated rings. The predicted octanol–water partition coefficient (Wildman–Crippen LogP) is 4.67. The summed E-state index contributed by atoms with van der Waals surface area (Å²) in [7, 11) is 1.58. The maximum absolute atomic E-state index is 12.1. The van der Waals surface area contributed by atoms with Crippen molar-refractivity contribution >= 4 is 5.97 Å². The Labute approximate surface area is 197 Å². The Balaban J connectivity index is 0.000000696. The summed E-state index contributed by atoms with van der Waals surface area (Å²) in [6, 6.07) is 29.1. The highest BCUT2D eigenvalue weighted by molar-refractivity contribution is 5.74. The zero-order valence-corrected chi connectivity index (χ0v) is 19.8. The van der Waals surface area contributed by atoms with Gasteiger partial charge in [0.25, 0.3) is 0 Å². The van der Waals surface area contributed by atoms with E-state index in [1.54, 1.807) is 7.11 Å². The predicted molar refractivity (Wildman–Crippen MR) is 134 cm³/mol. The number of carboxylic acid groups (broad SMARTS) is 1. The number of methoxy groups -OCH3 is 1. The van der Waals surface area contributed by atoms with Crippen LogP contribution < -0.4 is 10.6 Å². The molecule has 0 aliphatic carbocycles. The molecule has 0 heterocycles. The van der Waals surface area contributed by atoms with Crippen LogP contribution in [-0.4, -0.2) is 43.9 Å². The lowest BCUT2D eigenvalue weighted by Crippen LogP contribution is -2.52. The van der Waals surface area contributed by atoms with Gasteiger partial charge in [0.15, 0.2) is 0 Å². The highest BCUT2D eigenvalue weighted by Crippen LogP contribution is 2.37. The van der Waals surface area contributed by atoms with E-state index in [0.717, 1.165) is 29.8 Å². The van der Waals surface area contributed by atoms with E-state index in [-0.39, 0.29) is 0 Å². The molecule has 0 saturated heterocycles. The summed E-state index contributed by atoms with van der Waals surface area (Å²) in [5, 5.41) is 16.5. The zero-order valence-electron chi connectivity index (χ0n) is 19.8. The van der Waals surface area contributed by atoms with Crippen molar-refractivity contribution in [3.05, 3.63) is 108 Å². The topological polar surface area (TPSA) is 70.6 Å². The molecular formula is C28H36N2O3. The van der Waals surface area contributed by atoms with Crippen molar-refractivity contribution in [1.29, 1.82) is 0 Å². The summed E-state index contributed by atoms with van der Waals surface area (Å²) < 4.78 is 5.15. The first-order valence-electron chi connectivity index (χ1n) is 11.5. The van der Waals surface area contributed by atoms with Gasteiger partial charge in [-0.15, -0.1) is 0 Å². The van der Waals surface area contributed by atoms with Gasteiger partial charge in [-0.25, -0.2) is 0 Å². The minimum atomic E-state index is -0.899. The summed E-state index contributed by atoms with van der Waals surface area (Å²) in [4.78, 5) is 12.1. The number of hydrogen-bond acceptors (Lipinski definition) is 4.